The number of amidine groups is 1. The summed E-state index contributed by atoms with van der Waals surface area (Å²) in [6.07, 6.45) is 6.71. The Morgan fingerprint density at radius 1 is 1.15 bits per heavy atom. The Balaban J connectivity index is 1.65. The zero-order chi connectivity index (χ0) is 23.9. The van der Waals surface area contributed by atoms with Gasteiger partial charge in [-0.1, -0.05) is 30.8 Å². The molecule has 4 N–H and O–H groups in total. The predicted octanol–water partition coefficient (Wildman–Crippen LogP) is 4.62. The smallest absolute Gasteiger partial charge is 0.255 e. The second-order valence-corrected chi connectivity index (χ2v) is 8.15. The Morgan fingerprint density at radius 3 is 2.65 bits per heavy atom. The van der Waals surface area contributed by atoms with Gasteiger partial charge in [0.25, 0.3) is 5.91 Å². The lowest BCUT2D eigenvalue weighted by Gasteiger charge is -2.27. The number of aryl methyl sites for hydroxylation is 1. The first-order valence-corrected chi connectivity index (χ1v) is 11.4. The van der Waals surface area contributed by atoms with Crippen LogP contribution in [0.2, 0.25) is 0 Å². The van der Waals surface area contributed by atoms with Crippen LogP contribution in [0.25, 0.3) is 0 Å². The summed E-state index contributed by atoms with van der Waals surface area (Å²) < 4.78 is 0. The third-order valence-electron chi connectivity index (χ3n) is 5.66. The van der Waals surface area contributed by atoms with Crippen LogP contribution in [0.3, 0.4) is 0 Å². The van der Waals surface area contributed by atoms with E-state index in [2.05, 4.69) is 32.1 Å². The van der Waals surface area contributed by atoms with E-state index in [0.717, 1.165) is 37.2 Å². The maximum atomic E-state index is 12.8. The van der Waals surface area contributed by atoms with Crippen LogP contribution in [-0.4, -0.2) is 34.8 Å². The van der Waals surface area contributed by atoms with Gasteiger partial charge in [-0.15, -0.1) is 0 Å². The first-order chi connectivity index (χ1) is 16.5. The van der Waals surface area contributed by atoms with Crippen LogP contribution in [-0.2, 0) is 0 Å². The van der Waals surface area contributed by atoms with Crippen molar-refractivity contribution in [1.82, 2.24) is 9.97 Å². The molecule has 0 aliphatic carbocycles. The normalized spacial score (nSPS) is 13.9. The molecule has 1 saturated heterocycles. The molecular weight excluding hydrogens is 426 g/mol. The summed E-state index contributed by atoms with van der Waals surface area (Å²) in [5, 5.41) is 5.93. The van der Waals surface area contributed by atoms with Crippen LogP contribution in [0.15, 0.2) is 72.5 Å². The van der Waals surface area contributed by atoms with Crippen molar-refractivity contribution >= 4 is 34.8 Å². The van der Waals surface area contributed by atoms with Gasteiger partial charge in [0.2, 0.25) is 5.95 Å². The van der Waals surface area contributed by atoms with E-state index in [-0.39, 0.29) is 11.7 Å². The van der Waals surface area contributed by atoms with Crippen molar-refractivity contribution in [2.45, 2.75) is 26.2 Å². The first-order valence-electron chi connectivity index (χ1n) is 11.4. The number of carbonyl (C=O) groups excluding carboxylic acids is 1. The predicted molar refractivity (Wildman–Crippen MR) is 138 cm³/mol. The van der Waals surface area contributed by atoms with E-state index < -0.39 is 0 Å². The van der Waals surface area contributed by atoms with Gasteiger partial charge in [-0.3, -0.25) is 4.79 Å². The molecule has 8 nitrogen and oxygen atoms in total. The molecule has 0 atom stereocenters. The molecule has 1 aliphatic rings. The molecule has 0 bridgehead atoms. The van der Waals surface area contributed by atoms with Crippen LogP contribution in [0.5, 0.6) is 0 Å². The average Bonchev–Trinajstić information content (AvgIpc) is 2.87. The second-order valence-electron chi connectivity index (χ2n) is 8.15. The van der Waals surface area contributed by atoms with Crippen molar-refractivity contribution in [2.75, 3.05) is 28.6 Å². The molecule has 1 aliphatic heterocycles. The van der Waals surface area contributed by atoms with Gasteiger partial charge >= 0.3 is 0 Å². The van der Waals surface area contributed by atoms with Gasteiger partial charge in [0, 0.05) is 24.3 Å². The molecule has 2 aromatic carbocycles. The van der Waals surface area contributed by atoms with E-state index >= 15 is 0 Å². The van der Waals surface area contributed by atoms with Crippen LogP contribution < -0.4 is 21.3 Å². The van der Waals surface area contributed by atoms with Crippen molar-refractivity contribution in [1.29, 1.82) is 0 Å². The topological polar surface area (TPSA) is 109 Å². The van der Waals surface area contributed by atoms with E-state index in [0.29, 0.717) is 28.6 Å². The molecule has 8 heteroatoms. The molecule has 34 heavy (non-hydrogen) atoms. The van der Waals surface area contributed by atoms with Crippen LogP contribution in [0.4, 0.5) is 23.0 Å². The average molecular weight is 456 g/mol. The number of aromatic nitrogens is 2. The fourth-order valence-electron chi connectivity index (χ4n) is 3.81. The number of anilines is 3. The minimum absolute atomic E-state index is 0.218. The second kappa shape index (κ2) is 10.6. The number of para-hydroxylation sites is 1. The molecule has 0 spiro atoms. The summed E-state index contributed by atoms with van der Waals surface area (Å²) in [6.45, 7) is 7.49. The summed E-state index contributed by atoms with van der Waals surface area (Å²) in [7, 11) is 0. The highest BCUT2D eigenvalue weighted by molar-refractivity contribution is 6.06. The number of rotatable bonds is 7. The zero-order valence-electron chi connectivity index (χ0n) is 19.3. The Labute approximate surface area is 199 Å². The van der Waals surface area contributed by atoms with Gasteiger partial charge in [0.05, 0.1) is 17.6 Å². The summed E-state index contributed by atoms with van der Waals surface area (Å²) in [4.78, 5) is 28.8. The largest absolute Gasteiger partial charge is 0.382 e. The summed E-state index contributed by atoms with van der Waals surface area (Å²) in [6, 6.07) is 14.7. The maximum absolute atomic E-state index is 12.8. The standard InChI is InChI=1S/C26H29N7O/c1-3-28-22-17-29-26(33-14-8-5-9-15-33)32-23(22)24(27)31-21-16-19(13-12-18(21)2)25(34)30-20-10-6-4-7-11-20/h3-4,6-7,10-13,16-17,28H,1,5,8-9,14-15H2,2H3,(H2,27,31)(H,30,34). The molecular formula is C26H29N7O. The highest BCUT2D eigenvalue weighted by atomic mass is 16.1. The Morgan fingerprint density at radius 2 is 1.91 bits per heavy atom. The number of carbonyl (C=O) groups is 1. The van der Waals surface area contributed by atoms with Crippen molar-refractivity contribution in [2.24, 2.45) is 10.7 Å². The molecule has 1 amide bonds. The SMILES string of the molecule is C=CNc1cnc(N2CCCCC2)nc1C(N)=Nc1cc(C(=O)Nc2ccccc2)ccc1C. The molecule has 2 heterocycles. The van der Waals surface area contributed by atoms with Crippen molar-refractivity contribution < 1.29 is 4.79 Å². The van der Waals surface area contributed by atoms with Crippen LogP contribution >= 0.6 is 0 Å². The van der Waals surface area contributed by atoms with Crippen molar-refractivity contribution in [3.8, 4) is 0 Å². The third-order valence-corrected chi connectivity index (χ3v) is 5.66. The number of hydrogen-bond donors (Lipinski definition) is 3. The van der Waals surface area contributed by atoms with Gasteiger partial charge < -0.3 is 21.3 Å². The number of nitrogens with one attached hydrogen (secondary N) is 2. The van der Waals surface area contributed by atoms with E-state index in [1.165, 1.54) is 6.42 Å². The maximum Gasteiger partial charge on any atom is 0.255 e. The van der Waals surface area contributed by atoms with Gasteiger partial charge in [-0.05, 0) is 62.2 Å². The van der Waals surface area contributed by atoms with Crippen molar-refractivity contribution in [3.63, 3.8) is 0 Å². The highest BCUT2D eigenvalue weighted by Gasteiger charge is 2.18. The third kappa shape index (κ3) is 5.40. The number of amides is 1. The fraction of sp³-hybridized carbons (Fsp3) is 0.231. The lowest BCUT2D eigenvalue weighted by atomic mass is 10.1. The molecule has 174 valence electrons. The molecule has 0 radical (unpaired) electrons. The van der Waals surface area contributed by atoms with Crippen LogP contribution in [0.1, 0.15) is 40.9 Å². The number of benzene rings is 2. The summed E-state index contributed by atoms with van der Waals surface area (Å²) >= 11 is 0. The lowest BCUT2D eigenvalue weighted by molar-refractivity contribution is 0.102. The summed E-state index contributed by atoms with van der Waals surface area (Å²) in [5.74, 6) is 0.647. The Hall–Kier alpha value is -4.20. The number of piperidine rings is 1. The van der Waals surface area contributed by atoms with Crippen LogP contribution in [0, 0.1) is 6.92 Å². The Kier molecular flexibility index (Phi) is 7.17. The van der Waals surface area contributed by atoms with Gasteiger partial charge in [-0.25, -0.2) is 15.0 Å². The first kappa shape index (κ1) is 23.0. The minimum atomic E-state index is -0.218. The molecule has 0 unspecified atom stereocenters. The van der Waals surface area contributed by atoms with E-state index in [4.69, 9.17) is 10.7 Å². The Bertz CT molecular complexity index is 1200. The quantitative estimate of drug-likeness (QED) is 0.354. The number of nitrogens with zero attached hydrogens (tertiary/aromatic N) is 4. The lowest BCUT2D eigenvalue weighted by Crippen LogP contribution is -2.32. The zero-order valence-corrected chi connectivity index (χ0v) is 19.3. The monoisotopic (exact) mass is 455 g/mol. The fourth-order valence-corrected chi connectivity index (χ4v) is 3.81. The molecule has 3 aromatic rings. The van der Waals surface area contributed by atoms with Gasteiger partial charge in [-0.2, -0.15) is 0 Å². The van der Waals surface area contributed by atoms with Gasteiger partial charge in [0.15, 0.2) is 5.84 Å². The molecule has 1 aromatic heterocycles. The molecule has 1 fully saturated rings. The number of aliphatic imine (C=N–C) groups is 1. The van der Waals surface area contributed by atoms with Crippen molar-refractivity contribution in [3.05, 3.63) is 84.3 Å². The molecule has 4 rings (SSSR count). The number of nitrogens with two attached hydrogens (primary N) is 1. The van der Waals surface area contributed by atoms with E-state index in [9.17, 15) is 4.79 Å². The minimum Gasteiger partial charge on any atom is -0.382 e. The molecule has 0 saturated carbocycles. The highest BCUT2D eigenvalue weighted by Crippen LogP contribution is 2.24. The van der Waals surface area contributed by atoms with E-state index in [1.807, 2.05) is 43.3 Å². The number of hydrogen-bond acceptors (Lipinski definition) is 6. The van der Waals surface area contributed by atoms with E-state index in [1.54, 1.807) is 24.5 Å². The summed E-state index contributed by atoms with van der Waals surface area (Å²) in [5.41, 5.74) is 10.3. The van der Waals surface area contributed by atoms with Gasteiger partial charge in [0.1, 0.15) is 5.69 Å².